The Morgan fingerprint density at radius 1 is 1.53 bits per heavy atom. The maximum absolute atomic E-state index is 11.8. The van der Waals surface area contributed by atoms with Gasteiger partial charge in [-0.1, -0.05) is 0 Å². The SMILES string of the molecule is Cc1occc1SC1CCC(NC2CC2)(C(N)=O)C1. The van der Waals surface area contributed by atoms with E-state index in [1.54, 1.807) is 6.26 Å². The summed E-state index contributed by atoms with van der Waals surface area (Å²) < 4.78 is 5.32. The van der Waals surface area contributed by atoms with E-state index < -0.39 is 5.54 Å². The zero-order valence-corrected chi connectivity index (χ0v) is 12.0. The van der Waals surface area contributed by atoms with Crippen molar-refractivity contribution in [1.82, 2.24) is 5.32 Å². The lowest BCUT2D eigenvalue weighted by Crippen LogP contribution is -2.54. The van der Waals surface area contributed by atoms with Crippen LogP contribution in [0.5, 0.6) is 0 Å². The summed E-state index contributed by atoms with van der Waals surface area (Å²) in [5.74, 6) is 0.767. The minimum absolute atomic E-state index is 0.189. The molecule has 2 unspecified atom stereocenters. The number of nitrogens with one attached hydrogen (secondary N) is 1. The molecule has 2 aliphatic rings. The Kier molecular flexibility index (Phi) is 3.35. The lowest BCUT2D eigenvalue weighted by atomic mass is 9.96. The normalized spacial score (nSPS) is 30.7. The number of rotatable bonds is 5. The average Bonchev–Trinajstić information content (AvgIpc) is 2.93. The summed E-state index contributed by atoms with van der Waals surface area (Å²) in [6.45, 7) is 1.97. The number of carbonyl (C=O) groups is 1. The van der Waals surface area contributed by atoms with Gasteiger partial charge in [-0.3, -0.25) is 4.79 Å². The smallest absolute Gasteiger partial charge is 0.237 e. The van der Waals surface area contributed by atoms with Crippen molar-refractivity contribution in [3.8, 4) is 0 Å². The van der Waals surface area contributed by atoms with Gasteiger partial charge in [0.25, 0.3) is 0 Å². The highest BCUT2D eigenvalue weighted by molar-refractivity contribution is 8.00. The summed E-state index contributed by atoms with van der Waals surface area (Å²) in [4.78, 5) is 13.0. The Morgan fingerprint density at radius 2 is 2.32 bits per heavy atom. The minimum Gasteiger partial charge on any atom is -0.468 e. The number of nitrogens with two attached hydrogens (primary N) is 1. The molecule has 104 valence electrons. The van der Waals surface area contributed by atoms with Crippen LogP contribution in [0.15, 0.2) is 21.6 Å². The molecule has 0 spiro atoms. The van der Waals surface area contributed by atoms with Crippen molar-refractivity contribution in [1.29, 1.82) is 0 Å². The largest absolute Gasteiger partial charge is 0.468 e. The second-order valence-electron chi connectivity index (χ2n) is 5.69. The van der Waals surface area contributed by atoms with Gasteiger partial charge in [0.15, 0.2) is 0 Å². The molecule has 1 heterocycles. The highest BCUT2D eigenvalue weighted by Gasteiger charge is 2.47. The van der Waals surface area contributed by atoms with Gasteiger partial charge >= 0.3 is 0 Å². The third-order valence-electron chi connectivity index (χ3n) is 4.10. The van der Waals surface area contributed by atoms with Crippen molar-refractivity contribution in [3.63, 3.8) is 0 Å². The average molecular weight is 280 g/mol. The number of hydrogen-bond donors (Lipinski definition) is 2. The van der Waals surface area contributed by atoms with E-state index in [9.17, 15) is 4.79 Å². The molecule has 3 rings (SSSR count). The van der Waals surface area contributed by atoms with Gasteiger partial charge in [-0.05, 0) is 45.1 Å². The summed E-state index contributed by atoms with van der Waals surface area (Å²) in [7, 11) is 0. The molecule has 19 heavy (non-hydrogen) atoms. The van der Waals surface area contributed by atoms with Crippen LogP contribution >= 0.6 is 11.8 Å². The molecule has 1 aromatic rings. The van der Waals surface area contributed by atoms with E-state index in [4.69, 9.17) is 10.2 Å². The summed E-state index contributed by atoms with van der Waals surface area (Å²) >= 11 is 1.81. The van der Waals surface area contributed by atoms with Gasteiger partial charge in [0.2, 0.25) is 5.91 Å². The molecule has 3 N–H and O–H groups in total. The summed E-state index contributed by atoms with van der Waals surface area (Å²) in [5.41, 5.74) is 5.17. The van der Waals surface area contributed by atoms with E-state index in [2.05, 4.69) is 5.32 Å². The van der Waals surface area contributed by atoms with Crippen molar-refractivity contribution >= 4 is 17.7 Å². The van der Waals surface area contributed by atoms with Gasteiger partial charge in [0, 0.05) is 16.2 Å². The van der Waals surface area contributed by atoms with Crippen LogP contribution < -0.4 is 11.1 Å². The first-order valence-corrected chi connectivity index (χ1v) is 7.75. The molecule has 0 radical (unpaired) electrons. The Labute approximate surface area is 117 Å². The summed E-state index contributed by atoms with van der Waals surface area (Å²) in [5, 5.41) is 3.92. The number of hydrogen-bond acceptors (Lipinski definition) is 4. The van der Waals surface area contributed by atoms with Crippen LogP contribution in [0.4, 0.5) is 0 Å². The van der Waals surface area contributed by atoms with Crippen LogP contribution in [0.1, 0.15) is 37.9 Å². The Hall–Kier alpha value is -0.940. The standard InChI is InChI=1S/C14H20N2O2S/c1-9-12(5-7-18-9)19-11-4-6-14(8-11,13(15)17)16-10-2-3-10/h5,7,10-11,16H,2-4,6,8H2,1H3,(H2,15,17). The predicted molar refractivity (Wildman–Crippen MR) is 75.0 cm³/mol. The fourth-order valence-corrected chi connectivity index (χ4v) is 4.13. The Morgan fingerprint density at radius 3 is 2.89 bits per heavy atom. The first-order valence-electron chi connectivity index (χ1n) is 6.87. The van der Waals surface area contributed by atoms with Gasteiger partial charge in [0.1, 0.15) is 5.76 Å². The number of thioether (sulfide) groups is 1. The second kappa shape index (κ2) is 4.87. The molecule has 0 bridgehead atoms. The van der Waals surface area contributed by atoms with E-state index in [1.807, 2.05) is 24.8 Å². The molecule has 1 amide bonds. The van der Waals surface area contributed by atoms with E-state index in [0.29, 0.717) is 11.3 Å². The molecule has 0 aliphatic heterocycles. The van der Waals surface area contributed by atoms with Crippen molar-refractivity contribution in [2.45, 2.75) is 60.8 Å². The monoisotopic (exact) mass is 280 g/mol. The molecule has 0 aromatic carbocycles. The number of aryl methyl sites for hydroxylation is 1. The number of primary amides is 1. The van der Waals surface area contributed by atoms with Crippen LogP contribution in [-0.4, -0.2) is 22.7 Å². The molecule has 4 nitrogen and oxygen atoms in total. The Balaban J connectivity index is 1.67. The molecule has 1 aromatic heterocycles. The number of amides is 1. The molecular formula is C14H20N2O2S. The van der Waals surface area contributed by atoms with Gasteiger partial charge in [0.05, 0.1) is 11.8 Å². The number of carbonyl (C=O) groups excluding carboxylic acids is 1. The quantitative estimate of drug-likeness (QED) is 0.867. The van der Waals surface area contributed by atoms with E-state index >= 15 is 0 Å². The molecular weight excluding hydrogens is 260 g/mol. The van der Waals surface area contributed by atoms with Gasteiger partial charge in [-0.2, -0.15) is 0 Å². The van der Waals surface area contributed by atoms with E-state index in [1.165, 1.54) is 17.7 Å². The van der Waals surface area contributed by atoms with Gasteiger partial charge < -0.3 is 15.5 Å². The van der Waals surface area contributed by atoms with Crippen LogP contribution in [0.2, 0.25) is 0 Å². The first kappa shape index (κ1) is 13.1. The first-order chi connectivity index (χ1) is 9.09. The summed E-state index contributed by atoms with van der Waals surface area (Å²) in [6.07, 6.45) is 6.78. The molecule has 2 aliphatic carbocycles. The molecule has 2 atom stereocenters. The highest BCUT2D eigenvalue weighted by atomic mass is 32.2. The minimum atomic E-state index is -0.476. The maximum Gasteiger partial charge on any atom is 0.237 e. The zero-order chi connectivity index (χ0) is 13.5. The van der Waals surface area contributed by atoms with Crippen molar-refractivity contribution in [2.75, 3.05) is 0 Å². The van der Waals surface area contributed by atoms with Crippen molar-refractivity contribution in [2.24, 2.45) is 5.73 Å². The number of furan rings is 1. The molecule has 2 fully saturated rings. The summed E-state index contributed by atoms with van der Waals surface area (Å²) in [6, 6.07) is 2.50. The van der Waals surface area contributed by atoms with Crippen LogP contribution in [0.3, 0.4) is 0 Å². The third-order valence-corrected chi connectivity index (χ3v) is 5.52. The third kappa shape index (κ3) is 2.67. The molecule has 2 saturated carbocycles. The molecule has 0 saturated heterocycles. The maximum atomic E-state index is 11.8. The predicted octanol–water partition coefficient (Wildman–Crippen LogP) is 2.21. The van der Waals surface area contributed by atoms with Crippen molar-refractivity contribution < 1.29 is 9.21 Å². The second-order valence-corrected chi connectivity index (χ2v) is 7.03. The van der Waals surface area contributed by atoms with Crippen LogP contribution in [0, 0.1) is 6.92 Å². The lowest BCUT2D eigenvalue weighted by Gasteiger charge is -2.27. The topological polar surface area (TPSA) is 68.3 Å². The fraction of sp³-hybridized carbons (Fsp3) is 0.643. The highest BCUT2D eigenvalue weighted by Crippen LogP contribution is 2.42. The van der Waals surface area contributed by atoms with Crippen LogP contribution in [-0.2, 0) is 4.79 Å². The zero-order valence-electron chi connectivity index (χ0n) is 11.1. The fourth-order valence-electron chi connectivity index (χ4n) is 2.82. The van der Waals surface area contributed by atoms with Crippen LogP contribution in [0.25, 0.3) is 0 Å². The Bertz CT molecular complexity index is 484. The van der Waals surface area contributed by atoms with Gasteiger partial charge in [-0.15, -0.1) is 11.8 Å². The lowest BCUT2D eigenvalue weighted by molar-refractivity contribution is -0.124. The van der Waals surface area contributed by atoms with E-state index in [0.717, 1.165) is 25.0 Å². The molecule has 5 heteroatoms. The van der Waals surface area contributed by atoms with Gasteiger partial charge in [-0.25, -0.2) is 0 Å². The van der Waals surface area contributed by atoms with E-state index in [-0.39, 0.29) is 5.91 Å². The van der Waals surface area contributed by atoms with Crippen molar-refractivity contribution in [3.05, 3.63) is 18.1 Å².